The summed E-state index contributed by atoms with van der Waals surface area (Å²) in [6, 6.07) is -0.165. The lowest BCUT2D eigenvalue weighted by Gasteiger charge is -2.37. The predicted molar refractivity (Wildman–Crippen MR) is 76.8 cm³/mol. The van der Waals surface area contributed by atoms with Gasteiger partial charge in [-0.2, -0.15) is 0 Å². The van der Waals surface area contributed by atoms with E-state index in [1.54, 1.807) is 11.8 Å². The molecule has 116 valence electrons. The normalized spacial score (nSPS) is 16.5. The van der Waals surface area contributed by atoms with Crippen molar-refractivity contribution in [1.82, 2.24) is 19.6 Å². The molecule has 1 saturated heterocycles. The van der Waals surface area contributed by atoms with Crippen LogP contribution in [0.2, 0.25) is 0 Å². The molecule has 0 unspecified atom stereocenters. The molecular formula is C13H26N4O3. The van der Waals surface area contributed by atoms with Gasteiger partial charge in [-0.15, -0.1) is 0 Å². The molecule has 1 heterocycles. The zero-order chi connectivity index (χ0) is 15.1. The van der Waals surface area contributed by atoms with Crippen LogP contribution in [0.15, 0.2) is 0 Å². The van der Waals surface area contributed by atoms with Gasteiger partial charge in [-0.1, -0.05) is 0 Å². The monoisotopic (exact) mass is 286 g/mol. The van der Waals surface area contributed by atoms with Gasteiger partial charge in [-0.3, -0.25) is 9.69 Å². The van der Waals surface area contributed by atoms with Gasteiger partial charge in [-0.05, 0) is 21.0 Å². The van der Waals surface area contributed by atoms with Crippen molar-refractivity contribution in [3.8, 4) is 0 Å². The van der Waals surface area contributed by atoms with E-state index in [0.717, 1.165) is 26.2 Å². The molecule has 7 heteroatoms. The molecule has 1 N–H and O–H groups in total. The fourth-order valence-electron chi connectivity index (χ4n) is 2.18. The van der Waals surface area contributed by atoms with Gasteiger partial charge in [0.05, 0.1) is 0 Å². The van der Waals surface area contributed by atoms with Crippen molar-refractivity contribution in [2.24, 2.45) is 0 Å². The lowest BCUT2D eigenvalue weighted by Crippen LogP contribution is -2.54. The Labute approximate surface area is 120 Å². The quantitative estimate of drug-likeness (QED) is 0.725. The molecule has 0 saturated carbocycles. The van der Waals surface area contributed by atoms with Crippen molar-refractivity contribution in [3.05, 3.63) is 0 Å². The number of carboxylic acids is 1. The van der Waals surface area contributed by atoms with Crippen LogP contribution in [0.25, 0.3) is 0 Å². The van der Waals surface area contributed by atoms with Crippen LogP contribution in [-0.4, -0.2) is 103 Å². The Morgan fingerprint density at radius 2 is 1.75 bits per heavy atom. The number of amides is 2. The van der Waals surface area contributed by atoms with Crippen molar-refractivity contribution < 1.29 is 14.7 Å². The van der Waals surface area contributed by atoms with E-state index in [1.807, 2.05) is 14.1 Å². The van der Waals surface area contributed by atoms with Crippen molar-refractivity contribution in [2.75, 3.05) is 66.5 Å². The number of piperazine rings is 1. The van der Waals surface area contributed by atoms with Gasteiger partial charge in [0.2, 0.25) is 0 Å². The van der Waals surface area contributed by atoms with E-state index in [2.05, 4.69) is 9.80 Å². The summed E-state index contributed by atoms with van der Waals surface area (Å²) >= 11 is 0. The maximum atomic E-state index is 12.2. The molecule has 0 aliphatic carbocycles. The summed E-state index contributed by atoms with van der Waals surface area (Å²) in [6.45, 7) is 7.05. The molecule has 7 nitrogen and oxygen atoms in total. The minimum absolute atomic E-state index is 0.165. The number of nitrogens with zero attached hydrogens (tertiary/aromatic N) is 4. The van der Waals surface area contributed by atoms with Gasteiger partial charge in [0, 0.05) is 45.8 Å². The highest BCUT2D eigenvalue weighted by atomic mass is 16.4. The van der Waals surface area contributed by atoms with Gasteiger partial charge in [0.25, 0.3) is 0 Å². The summed E-state index contributed by atoms with van der Waals surface area (Å²) in [4.78, 5) is 30.5. The van der Waals surface area contributed by atoms with E-state index < -0.39 is 5.97 Å². The van der Waals surface area contributed by atoms with E-state index >= 15 is 0 Å². The third-order valence-electron chi connectivity index (χ3n) is 3.48. The lowest BCUT2D eigenvalue weighted by atomic mass is 10.3. The zero-order valence-electron chi connectivity index (χ0n) is 12.7. The fraction of sp³-hybridized carbons (Fsp3) is 0.846. The van der Waals surface area contributed by atoms with E-state index in [1.165, 1.54) is 4.90 Å². The third-order valence-corrected chi connectivity index (χ3v) is 3.48. The Kier molecular flexibility index (Phi) is 6.74. The molecule has 2 amide bonds. The van der Waals surface area contributed by atoms with Crippen LogP contribution in [-0.2, 0) is 4.79 Å². The summed E-state index contributed by atoms with van der Waals surface area (Å²) in [5.74, 6) is -0.968. The van der Waals surface area contributed by atoms with Crippen LogP contribution in [0, 0.1) is 0 Å². The molecule has 1 aliphatic rings. The first kappa shape index (κ1) is 16.7. The molecule has 1 rings (SSSR count). The van der Waals surface area contributed by atoms with Crippen LogP contribution in [0.4, 0.5) is 4.79 Å². The Balaban J connectivity index is 2.39. The second-order valence-electron chi connectivity index (χ2n) is 5.32. The molecule has 0 radical (unpaired) electrons. The third kappa shape index (κ3) is 5.34. The van der Waals surface area contributed by atoms with Gasteiger partial charge in [-0.25, -0.2) is 4.79 Å². The zero-order valence-corrected chi connectivity index (χ0v) is 12.7. The average molecular weight is 286 g/mol. The maximum Gasteiger partial charge on any atom is 0.323 e. The van der Waals surface area contributed by atoms with E-state index in [-0.39, 0.29) is 12.6 Å². The van der Waals surface area contributed by atoms with Crippen molar-refractivity contribution in [3.63, 3.8) is 0 Å². The molecule has 0 atom stereocenters. The Bertz CT molecular complexity index is 328. The van der Waals surface area contributed by atoms with Crippen LogP contribution in [0.5, 0.6) is 0 Å². The molecule has 1 aliphatic heterocycles. The van der Waals surface area contributed by atoms with Crippen LogP contribution < -0.4 is 0 Å². The highest BCUT2D eigenvalue weighted by Gasteiger charge is 2.25. The maximum absolute atomic E-state index is 12.2. The Morgan fingerprint density at radius 1 is 1.15 bits per heavy atom. The fourth-order valence-corrected chi connectivity index (χ4v) is 2.18. The van der Waals surface area contributed by atoms with E-state index in [0.29, 0.717) is 19.6 Å². The standard InChI is InChI=1S/C13H26N4O3/c1-4-16(11-12(18)19)13(20)17-9-7-15(8-10-17)6-5-14(2)3/h4-11H2,1-3H3,(H,18,19). The van der Waals surface area contributed by atoms with Gasteiger partial charge < -0.3 is 19.8 Å². The van der Waals surface area contributed by atoms with Crippen molar-refractivity contribution in [1.29, 1.82) is 0 Å². The number of aliphatic carboxylic acids is 1. The minimum atomic E-state index is -0.968. The number of likely N-dealkylation sites (N-methyl/N-ethyl adjacent to an activating group) is 2. The van der Waals surface area contributed by atoms with Gasteiger partial charge in [0.15, 0.2) is 0 Å². The van der Waals surface area contributed by atoms with Crippen molar-refractivity contribution >= 4 is 12.0 Å². The number of hydrogen-bond donors (Lipinski definition) is 1. The first-order valence-electron chi connectivity index (χ1n) is 7.06. The largest absolute Gasteiger partial charge is 0.480 e. The van der Waals surface area contributed by atoms with Crippen LogP contribution >= 0.6 is 0 Å². The second kappa shape index (κ2) is 8.06. The molecular weight excluding hydrogens is 260 g/mol. The van der Waals surface area contributed by atoms with Gasteiger partial charge in [0.1, 0.15) is 6.54 Å². The van der Waals surface area contributed by atoms with E-state index in [4.69, 9.17) is 5.11 Å². The topological polar surface area (TPSA) is 67.3 Å². The van der Waals surface area contributed by atoms with E-state index in [9.17, 15) is 9.59 Å². The Hall–Kier alpha value is -1.34. The van der Waals surface area contributed by atoms with Gasteiger partial charge >= 0.3 is 12.0 Å². The lowest BCUT2D eigenvalue weighted by molar-refractivity contribution is -0.137. The highest BCUT2D eigenvalue weighted by Crippen LogP contribution is 2.06. The summed E-state index contributed by atoms with van der Waals surface area (Å²) in [5.41, 5.74) is 0. The summed E-state index contributed by atoms with van der Waals surface area (Å²) in [7, 11) is 4.09. The number of carbonyl (C=O) groups excluding carboxylic acids is 1. The average Bonchev–Trinajstić information content (AvgIpc) is 2.42. The summed E-state index contributed by atoms with van der Waals surface area (Å²) in [6.07, 6.45) is 0. The summed E-state index contributed by atoms with van der Waals surface area (Å²) < 4.78 is 0. The molecule has 20 heavy (non-hydrogen) atoms. The second-order valence-corrected chi connectivity index (χ2v) is 5.32. The highest BCUT2D eigenvalue weighted by molar-refractivity contribution is 5.80. The SMILES string of the molecule is CCN(CC(=O)O)C(=O)N1CCN(CCN(C)C)CC1. The molecule has 0 aromatic carbocycles. The molecule has 0 aromatic heterocycles. The van der Waals surface area contributed by atoms with Crippen molar-refractivity contribution in [2.45, 2.75) is 6.92 Å². The smallest absolute Gasteiger partial charge is 0.323 e. The van der Waals surface area contributed by atoms with Crippen LogP contribution in [0.1, 0.15) is 6.92 Å². The Morgan fingerprint density at radius 3 is 2.20 bits per heavy atom. The van der Waals surface area contributed by atoms with Crippen LogP contribution in [0.3, 0.4) is 0 Å². The number of carbonyl (C=O) groups is 2. The number of rotatable bonds is 6. The first-order valence-corrected chi connectivity index (χ1v) is 7.06. The molecule has 0 bridgehead atoms. The number of urea groups is 1. The predicted octanol–water partition coefficient (Wildman–Crippen LogP) is -0.308. The molecule has 1 fully saturated rings. The first-order chi connectivity index (χ1) is 9.43. The molecule has 0 aromatic rings. The summed E-state index contributed by atoms with van der Waals surface area (Å²) in [5, 5.41) is 8.80. The minimum Gasteiger partial charge on any atom is -0.480 e. The number of carboxylic acid groups (broad SMARTS) is 1. The number of hydrogen-bond acceptors (Lipinski definition) is 4. The molecule has 0 spiro atoms.